The highest BCUT2D eigenvalue weighted by molar-refractivity contribution is 6.31. The van der Waals surface area contributed by atoms with E-state index in [2.05, 4.69) is 0 Å². The van der Waals surface area contributed by atoms with Crippen LogP contribution >= 0.6 is 11.6 Å². The molecule has 2 atom stereocenters. The van der Waals surface area contributed by atoms with Gasteiger partial charge in [-0.25, -0.2) is 0 Å². The summed E-state index contributed by atoms with van der Waals surface area (Å²) in [5.41, 5.74) is 0.564. The van der Waals surface area contributed by atoms with Gasteiger partial charge in [0, 0.05) is 10.6 Å². The second-order valence-electron chi connectivity index (χ2n) is 2.71. The van der Waals surface area contributed by atoms with Crippen LogP contribution < -0.4 is 0 Å². The Morgan fingerprint density at radius 2 is 1.64 bits per heavy atom. The summed E-state index contributed by atoms with van der Waals surface area (Å²) >= 11 is 5.79. The second kappa shape index (κ2) is 6.82. The van der Waals surface area contributed by atoms with E-state index in [1.54, 1.807) is 24.3 Å². The normalized spacial score (nSPS) is 13.9. The van der Waals surface area contributed by atoms with Crippen LogP contribution in [0.5, 0.6) is 0 Å². The molecule has 0 radical (unpaired) electrons. The van der Waals surface area contributed by atoms with Crippen LogP contribution in [-0.2, 0) is 0 Å². The van der Waals surface area contributed by atoms with E-state index in [9.17, 15) is 5.11 Å². The van der Waals surface area contributed by atoms with E-state index >= 15 is 0 Å². The summed E-state index contributed by atoms with van der Waals surface area (Å²) in [6.45, 7) is 5.52. The summed E-state index contributed by atoms with van der Waals surface area (Å²) in [6.07, 6.45) is -1.71. The van der Waals surface area contributed by atoms with Gasteiger partial charge < -0.3 is 10.2 Å². The van der Waals surface area contributed by atoms with Crippen molar-refractivity contribution >= 4 is 11.6 Å². The third kappa shape index (κ3) is 3.66. The molecule has 80 valence electrons. The number of hydrogen-bond acceptors (Lipinski definition) is 2. The summed E-state index contributed by atoms with van der Waals surface area (Å²) in [5.74, 6) is 0. The zero-order chi connectivity index (χ0) is 11.1. The Hall–Kier alpha value is -0.570. The van der Waals surface area contributed by atoms with Crippen molar-refractivity contribution in [3.63, 3.8) is 0 Å². The van der Waals surface area contributed by atoms with Crippen molar-refractivity contribution in [2.75, 3.05) is 0 Å². The van der Waals surface area contributed by atoms with E-state index in [1.807, 2.05) is 13.8 Å². The standard InChI is InChI=1S/C9H11ClO2.C2H6/c1-6(11)9(12)7-4-2-3-5-8(7)10;1-2/h2-6,9,11-12H,1H3;1-2H3. The lowest BCUT2D eigenvalue weighted by Crippen LogP contribution is -2.13. The maximum atomic E-state index is 9.44. The molecule has 0 bridgehead atoms. The lowest BCUT2D eigenvalue weighted by atomic mass is 10.1. The molecule has 1 rings (SSSR count). The number of hydrogen-bond donors (Lipinski definition) is 2. The van der Waals surface area contributed by atoms with Crippen molar-refractivity contribution in [3.05, 3.63) is 34.9 Å². The fraction of sp³-hybridized carbons (Fsp3) is 0.455. The van der Waals surface area contributed by atoms with Crippen LogP contribution in [0.3, 0.4) is 0 Å². The molecule has 0 aliphatic heterocycles. The van der Waals surface area contributed by atoms with E-state index in [1.165, 1.54) is 6.92 Å². The highest BCUT2D eigenvalue weighted by atomic mass is 35.5. The molecule has 3 heteroatoms. The number of aliphatic hydroxyl groups is 2. The fourth-order valence-corrected chi connectivity index (χ4v) is 1.22. The minimum absolute atomic E-state index is 0.478. The minimum Gasteiger partial charge on any atom is -0.390 e. The molecule has 14 heavy (non-hydrogen) atoms. The number of halogens is 1. The van der Waals surface area contributed by atoms with E-state index in [0.29, 0.717) is 10.6 Å². The average Bonchev–Trinajstić information content (AvgIpc) is 2.20. The predicted molar refractivity (Wildman–Crippen MR) is 59.4 cm³/mol. The van der Waals surface area contributed by atoms with Crippen LogP contribution in [0.2, 0.25) is 5.02 Å². The smallest absolute Gasteiger partial charge is 0.106 e. The van der Waals surface area contributed by atoms with E-state index < -0.39 is 12.2 Å². The van der Waals surface area contributed by atoms with Gasteiger partial charge in [-0.3, -0.25) is 0 Å². The molecule has 0 amide bonds. The van der Waals surface area contributed by atoms with Crippen molar-refractivity contribution in [2.24, 2.45) is 0 Å². The predicted octanol–water partition coefficient (Wildman–Crippen LogP) is 2.78. The van der Waals surface area contributed by atoms with Gasteiger partial charge >= 0.3 is 0 Å². The van der Waals surface area contributed by atoms with Crippen LogP contribution in [0.15, 0.2) is 24.3 Å². The van der Waals surface area contributed by atoms with Crippen LogP contribution in [-0.4, -0.2) is 16.3 Å². The molecule has 2 nitrogen and oxygen atoms in total. The Bertz CT molecular complexity index is 261. The Morgan fingerprint density at radius 1 is 1.14 bits per heavy atom. The molecule has 0 saturated carbocycles. The Labute approximate surface area is 90.2 Å². The highest BCUT2D eigenvalue weighted by Crippen LogP contribution is 2.24. The molecule has 1 aromatic rings. The molecular weight excluding hydrogens is 200 g/mol. The molecule has 0 fully saturated rings. The van der Waals surface area contributed by atoms with Crippen molar-refractivity contribution in [3.8, 4) is 0 Å². The first-order valence-electron chi connectivity index (χ1n) is 4.73. The minimum atomic E-state index is -0.904. The molecule has 0 saturated heterocycles. The number of aliphatic hydroxyl groups excluding tert-OH is 2. The van der Waals surface area contributed by atoms with Crippen LogP contribution in [0.25, 0.3) is 0 Å². The molecule has 2 N–H and O–H groups in total. The monoisotopic (exact) mass is 216 g/mol. The summed E-state index contributed by atoms with van der Waals surface area (Å²) in [7, 11) is 0. The van der Waals surface area contributed by atoms with Gasteiger partial charge in [-0.05, 0) is 13.0 Å². The average molecular weight is 217 g/mol. The molecule has 0 heterocycles. The quantitative estimate of drug-likeness (QED) is 0.798. The largest absolute Gasteiger partial charge is 0.390 e. The zero-order valence-corrected chi connectivity index (χ0v) is 9.49. The van der Waals surface area contributed by atoms with Crippen LogP contribution in [0.1, 0.15) is 32.4 Å². The van der Waals surface area contributed by atoms with Gasteiger partial charge in [0.05, 0.1) is 6.10 Å². The number of benzene rings is 1. The summed E-state index contributed by atoms with van der Waals surface area (Å²) < 4.78 is 0. The lowest BCUT2D eigenvalue weighted by molar-refractivity contribution is 0.0306. The highest BCUT2D eigenvalue weighted by Gasteiger charge is 2.15. The second-order valence-corrected chi connectivity index (χ2v) is 3.11. The molecule has 0 aromatic heterocycles. The molecule has 0 aliphatic carbocycles. The summed E-state index contributed by atoms with van der Waals surface area (Å²) in [5, 5.41) is 19.0. The molecule has 0 spiro atoms. The molecule has 0 aliphatic rings. The topological polar surface area (TPSA) is 40.5 Å². The maximum Gasteiger partial charge on any atom is 0.106 e. The van der Waals surface area contributed by atoms with Gasteiger partial charge in [-0.15, -0.1) is 0 Å². The summed E-state index contributed by atoms with van der Waals surface area (Å²) in [6, 6.07) is 6.93. The van der Waals surface area contributed by atoms with E-state index in [4.69, 9.17) is 16.7 Å². The zero-order valence-electron chi connectivity index (χ0n) is 8.74. The van der Waals surface area contributed by atoms with E-state index in [0.717, 1.165) is 0 Å². The molecular formula is C11H17ClO2. The van der Waals surface area contributed by atoms with Crippen molar-refractivity contribution < 1.29 is 10.2 Å². The summed E-state index contributed by atoms with van der Waals surface area (Å²) in [4.78, 5) is 0. The van der Waals surface area contributed by atoms with Gasteiger partial charge in [0.2, 0.25) is 0 Å². The maximum absolute atomic E-state index is 9.44. The lowest BCUT2D eigenvalue weighted by Gasteiger charge is -2.14. The molecule has 2 unspecified atom stereocenters. The van der Waals surface area contributed by atoms with Gasteiger partial charge in [0.25, 0.3) is 0 Å². The van der Waals surface area contributed by atoms with Crippen molar-refractivity contribution in [1.29, 1.82) is 0 Å². The first-order valence-corrected chi connectivity index (χ1v) is 5.11. The van der Waals surface area contributed by atoms with Crippen LogP contribution in [0.4, 0.5) is 0 Å². The van der Waals surface area contributed by atoms with Crippen molar-refractivity contribution in [1.82, 2.24) is 0 Å². The Kier molecular flexibility index (Phi) is 6.54. The van der Waals surface area contributed by atoms with Gasteiger partial charge in [0.15, 0.2) is 0 Å². The third-order valence-corrected chi connectivity index (χ3v) is 2.03. The van der Waals surface area contributed by atoms with Gasteiger partial charge in [-0.1, -0.05) is 43.6 Å². The third-order valence-electron chi connectivity index (χ3n) is 1.68. The Morgan fingerprint density at radius 3 is 2.07 bits per heavy atom. The van der Waals surface area contributed by atoms with Crippen LogP contribution in [0, 0.1) is 0 Å². The van der Waals surface area contributed by atoms with Gasteiger partial charge in [0.1, 0.15) is 6.10 Å². The first kappa shape index (κ1) is 13.4. The fourth-order valence-electron chi connectivity index (χ4n) is 0.975. The van der Waals surface area contributed by atoms with Gasteiger partial charge in [-0.2, -0.15) is 0 Å². The first-order chi connectivity index (χ1) is 6.63. The SMILES string of the molecule is CC.CC(O)C(O)c1ccccc1Cl. The molecule has 1 aromatic carbocycles. The Balaban J connectivity index is 0.000000791. The number of rotatable bonds is 2. The van der Waals surface area contributed by atoms with Crippen molar-refractivity contribution in [2.45, 2.75) is 33.0 Å². The van der Waals surface area contributed by atoms with E-state index in [-0.39, 0.29) is 0 Å².